The maximum absolute atomic E-state index is 8.70. The SMILES string of the molecule is NC(O)CCC1CCC1. The van der Waals surface area contributed by atoms with Gasteiger partial charge in [-0.25, -0.2) is 0 Å². The summed E-state index contributed by atoms with van der Waals surface area (Å²) in [7, 11) is 0. The van der Waals surface area contributed by atoms with E-state index in [-0.39, 0.29) is 0 Å². The summed E-state index contributed by atoms with van der Waals surface area (Å²) >= 11 is 0. The molecule has 1 aliphatic rings. The zero-order chi connectivity index (χ0) is 6.69. The van der Waals surface area contributed by atoms with Gasteiger partial charge in [-0.3, -0.25) is 0 Å². The number of aliphatic hydroxyl groups is 1. The van der Waals surface area contributed by atoms with Gasteiger partial charge in [0, 0.05) is 0 Å². The van der Waals surface area contributed by atoms with Gasteiger partial charge in [0.1, 0.15) is 6.23 Å². The third-order valence-corrected chi connectivity index (χ3v) is 2.10. The molecule has 2 heteroatoms. The minimum atomic E-state index is -0.578. The number of hydrogen-bond donors (Lipinski definition) is 2. The van der Waals surface area contributed by atoms with Crippen LogP contribution in [0.25, 0.3) is 0 Å². The van der Waals surface area contributed by atoms with E-state index < -0.39 is 6.23 Å². The van der Waals surface area contributed by atoms with Gasteiger partial charge in [0.05, 0.1) is 0 Å². The van der Waals surface area contributed by atoms with Crippen molar-refractivity contribution in [1.82, 2.24) is 0 Å². The zero-order valence-electron chi connectivity index (χ0n) is 5.71. The van der Waals surface area contributed by atoms with Crippen LogP contribution in [0.5, 0.6) is 0 Å². The van der Waals surface area contributed by atoms with Crippen molar-refractivity contribution in [2.75, 3.05) is 0 Å². The van der Waals surface area contributed by atoms with Gasteiger partial charge < -0.3 is 10.8 Å². The molecule has 0 radical (unpaired) electrons. The predicted octanol–water partition coefficient (Wildman–Crippen LogP) is 0.844. The summed E-state index contributed by atoms with van der Waals surface area (Å²) in [4.78, 5) is 0. The van der Waals surface area contributed by atoms with Gasteiger partial charge in [-0.1, -0.05) is 19.3 Å². The first-order valence-electron chi connectivity index (χ1n) is 3.72. The second kappa shape index (κ2) is 3.18. The van der Waals surface area contributed by atoms with Gasteiger partial charge in [0.25, 0.3) is 0 Å². The van der Waals surface area contributed by atoms with Crippen LogP contribution in [-0.4, -0.2) is 11.3 Å². The Balaban J connectivity index is 1.91. The third-order valence-electron chi connectivity index (χ3n) is 2.10. The molecular weight excluding hydrogens is 114 g/mol. The molecule has 54 valence electrons. The molecule has 2 nitrogen and oxygen atoms in total. The molecule has 0 aliphatic heterocycles. The summed E-state index contributed by atoms with van der Waals surface area (Å²) in [6.45, 7) is 0. The quantitative estimate of drug-likeness (QED) is 0.555. The van der Waals surface area contributed by atoms with Crippen molar-refractivity contribution in [1.29, 1.82) is 0 Å². The van der Waals surface area contributed by atoms with Gasteiger partial charge in [0.15, 0.2) is 0 Å². The van der Waals surface area contributed by atoms with Crippen LogP contribution in [-0.2, 0) is 0 Å². The van der Waals surface area contributed by atoms with E-state index in [4.69, 9.17) is 10.8 Å². The smallest absolute Gasteiger partial charge is 0.102 e. The van der Waals surface area contributed by atoms with Gasteiger partial charge in [-0.15, -0.1) is 0 Å². The minimum absolute atomic E-state index is 0.578. The number of nitrogens with two attached hydrogens (primary N) is 1. The van der Waals surface area contributed by atoms with E-state index in [1.165, 1.54) is 19.3 Å². The average Bonchev–Trinajstić information content (AvgIpc) is 1.60. The standard InChI is InChI=1S/C7H15NO/c8-7(9)5-4-6-2-1-3-6/h6-7,9H,1-5,8H2. The topological polar surface area (TPSA) is 46.2 Å². The maximum Gasteiger partial charge on any atom is 0.102 e. The predicted molar refractivity (Wildman–Crippen MR) is 36.8 cm³/mol. The highest BCUT2D eigenvalue weighted by Gasteiger charge is 2.17. The minimum Gasteiger partial charge on any atom is -0.379 e. The van der Waals surface area contributed by atoms with Crippen LogP contribution in [0, 0.1) is 5.92 Å². The van der Waals surface area contributed by atoms with E-state index in [1.54, 1.807) is 0 Å². The van der Waals surface area contributed by atoms with Crippen LogP contribution in [0.15, 0.2) is 0 Å². The van der Waals surface area contributed by atoms with Crippen LogP contribution in [0.1, 0.15) is 32.1 Å². The summed E-state index contributed by atoms with van der Waals surface area (Å²) in [5.41, 5.74) is 5.18. The van der Waals surface area contributed by atoms with Crippen molar-refractivity contribution >= 4 is 0 Å². The normalized spacial score (nSPS) is 23.3. The lowest BCUT2D eigenvalue weighted by atomic mass is 9.82. The lowest BCUT2D eigenvalue weighted by molar-refractivity contribution is 0.149. The molecule has 0 bridgehead atoms. The first kappa shape index (κ1) is 7.03. The van der Waals surface area contributed by atoms with Crippen molar-refractivity contribution in [2.45, 2.75) is 38.3 Å². The molecule has 1 unspecified atom stereocenters. The second-order valence-electron chi connectivity index (χ2n) is 2.94. The number of rotatable bonds is 3. The van der Waals surface area contributed by atoms with Crippen molar-refractivity contribution in [3.8, 4) is 0 Å². The largest absolute Gasteiger partial charge is 0.379 e. The highest BCUT2D eigenvalue weighted by atomic mass is 16.3. The zero-order valence-corrected chi connectivity index (χ0v) is 5.71. The second-order valence-corrected chi connectivity index (χ2v) is 2.94. The van der Waals surface area contributed by atoms with E-state index in [0.29, 0.717) is 0 Å². The van der Waals surface area contributed by atoms with Crippen molar-refractivity contribution < 1.29 is 5.11 Å². The third kappa shape index (κ3) is 2.33. The Kier molecular flexibility index (Phi) is 2.49. The van der Waals surface area contributed by atoms with Crippen LogP contribution < -0.4 is 5.73 Å². The lowest BCUT2D eigenvalue weighted by Gasteiger charge is -2.25. The Hall–Kier alpha value is -0.0800. The van der Waals surface area contributed by atoms with Gasteiger partial charge in [-0.2, -0.15) is 0 Å². The first-order valence-corrected chi connectivity index (χ1v) is 3.72. The fraction of sp³-hybridized carbons (Fsp3) is 1.00. The molecule has 0 heterocycles. The highest BCUT2D eigenvalue weighted by molar-refractivity contribution is 4.69. The summed E-state index contributed by atoms with van der Waals surface area (Å²) in [6, 6.07) is 0. The van der Waals surface area contributed by atoms with Crippen LogP contribution in [0.2, 0.25) is 0 Å². The van der Waals surface area contributed by atoms with Crippen molar-refractivity contribution in [3.05, 3.63) is 0 Å². The molecule has 3 N–H and O–H groups in total. The summed E-state index contributed by atoms with van der Waals surface area (Å²) in [5.74, 6) is 0.878. The molecule has 0 spiro atoms. The first-order chi connectivity index (χ1) is 4.29. The van der Waals surface area contributed by atoms with E-state index in [1.807, 2.05) is 0 Å². The molecule has 0 aromatic rings. The molecule has 1 aliphatic carbocycles. The Morgan fingerprint density at radius 2 is 2.22 bits per heavy atom. The van der Waals surface area contributed by atoms with Gasteiger partial charge >= 0.3 is 0 Å². The molecule has 1 rings (SSSR count). The molecule has 0 amide bonds. The monoisotopic (exact) mass is 129 g/mol. The summed E-state index contributed by atoms with van der Waals surface area (Å²) in [6.07, 6.45) is 5.42. The fourth-order valence-corrected chi connectivity index (χ4v) is 1.19. The van der Waals surface area contributed by atoms with Crippen LogP contribution >= 0.6 is 0 Å². The maximum atomic E-state index is 8.70. The molecule has 0 aromatic heterocycles. The molecule has 0 aromatic carbocycles. The summed E-state index contributed by atoms with van der Waals surface area (Å²) in [5, 5.41) is 8.70. The van der Waals surface area contributed by atoms with Crippen LogP contribution in [0.4, 0.5) is 0 Å². The molecule has 0 saturated heterocycles. The Bertz CT molecular complexity index is 79.0. The Labute approximate surface area is 56.1 Å². The molecule has 1 saturated carbocycles. The number of hydrogen-bond acceptors (Lipinski definition) is 2. The van der Waals surface area contributed by atoms with Crippen LogP contribution in [0.3, 0.4) is 0 Å². The molecule has 1 fully saturated rings. The van der Waals surface area contributed by atoms with E-state index in [0.717, 1.165) is 18.8 Å². The number of aliphatic hydroxyl groups excluding tert-OH is 1. The van der Waals surface area contributed by atoms with E-state index >= 15 is 0 Å². The van der Waals surface area contributed by atoms with E-state index in [2.05, 4.69) is 0 Å². The molecule has 9 heavy (non-hydrogen) atoms. The van der Waals surface area contributed by atoms with Gasteiger partial charge in [-0.05, 0) is 18.8 Å². The fourth-order valence-electron chi connectivity index (χ4n) is 1.19. The van der Waals surface area contributed by atoms with E-state index in [9.17, 15) is 0 Å². The lowest BCUT2D eigenvalue weighted by Crippen LogP contribution is -2.21. The molecule has 1 atom stereocenters. The summed E-state index contributed by atoms with van der Waals surface area (Å²) < 4.78 is 0. The average molecular weight is 129 g/mol. The van der Waals surface area contributed by atoms with Crippen molar-refractivity contribution in [2.24, 2.45) is 11.7 Å². The Morgan fingerprint density at radius 1 is 1.56 bits per heavy atom. The highest BCUT2D eigenvalue weighted by Crippen LogP contribution is 2.30. The van der Waals surface area contributed by atoms with Crippen molar-refractivity contribution in [3.63, 3.8) is 0 Å². The Morgan fingerprint density at radius 3 is 2.56 bits per heavy atom. The van der Waals surface area contributed by atoms with Gasteiger partial charge in [0.2, 0.25) is 0 Å². The molecular formula is C7H15NO.